The van der Waals surface area contributed by atoms with Crippen molar-refractivity contribution in [2.75, 3.05) is 26.7 Å². The Labute approximate surface area is 120 Å². The third kappa shape index (κ3) is 2.94. The molecule has 1 aliphatic rings. The van der Waals surface area contributed by atoms with Crippen LogP contribution in [-0.2, 0) is 0 Å². The molecular weight excluding hydrogens is 248 g/mol. The standard InChI is InChI=1S/C17H22N2O/c1-18-17(12-19-9-2-3-10-19)15-6-4-14(5-7-15)16-8-11-20-13-16/h4-8,11,13,17-18H,2-3,9-10,12H2,1H3. The topological polar surface area (TPSA) is 28.4 Å². The highest BCUT2D eigenvalue weighted by Crippen LogP contribution is 2.23. The maximum absolute atomic E-state index is 5.14. The van der Waals surface area contributed by atoms with Crippen LogP contribution in [0.15, 0.2) is 47.3 Å². The van der Waals surface area contributed by atoms with Crippen LogP contribution in [0.2, 0.25) is 0 Å². The number of likely N-dealkylation sites (tertiary alicyclic amines) is 1. The Kier molecular flexibility index (Phi) is 4.19. The van der Waals surface area contributed by atoms with Gasteiger partial charge >= 0.3 is 0 Å². The van der Waals surface area contributed by atoms with Gasteiger partial charge in [0.1, 0.15) is 0 Å². The zero-order chi connectivity index (χ0) is 13.8. The lowest BCUT2D eigenvalue weighted by Crippen LogP contribution is -2.31. The molecule has 3 rings (SSSR count). The summed E-state index contributed by atoms with van der Waals surface area (Å²) in [5.74, 6) is 0. The first kappa shape index (κ1) is 13.4. The fourth-order valence-electron chi connectivity index (χ4n) is 2.92. The number of benzene rings is 1. The van der Waals surface area contributed by atoms with Crippen molar-refractivity contribution in [2.24, 2.45) is 0 Å². The minimum Gasteiger partial charge on any atom is -0.472 e. The molecule has 2 heterocycles. The lowest BCUT2D eigenvalue weighted by atomic mass is 10.0. The van der Waals surface area contributed by atoms with E-state index in [9.17, 15) is 0 Å². The van der Waals surface area contributed by atoms with E-state index >= 15 is 0 Å². The Balaban J connectivity index is 1.71. The molecule has 1 N–H and O–H groups in total. The minimum atomic E-state index is 0.409. The first-order valence-corrected chi connectivity index (χ1v) is 7.39. The van der Waals surface area contributed by atoms with Crippen molar-refractivity contribution >= 4 is 0 Å². The molecule has 1 aromatic carbocycles. The van der Waals surface area contributed by atoms with Crippen LogP contribution in [0.5, 0.6) is 0 Å². The molecule has 0 amide bonds. The third-order valence-electron chi connectivity index (χ3n) is 4.16. The van der Waals surface area contributed by atoms with Crippen molar-refractivity contribution in [1.82, 2.24) is 10.2 Å². The molecule has 1 saturated heterocycles. The number of nitrogens with zero attached hydrogens (tertiary/aromatic N) is 1. The van der Waals surface area contributed by atoms with Gasteiger partial charge < -0.3 is 14.6 Å². The zero-order valence-corrected chi connectivity index (χ0v) is 12.0. The maximum atomic E-state index is 5.14. The van der Waals surface area contributed by atoms with Crippen LogP contribution in [0.3, 0.4) is 0 Å². The summed E-state index contributed by atoms with van der Waals surface area (Å²) in [6.45, 7) is 3.58. The van der Waals surface area contributed by atoms with Crippen molar-refractivity contribution < 1.29 is 4.42 Å². The average Bonchev–Trinajstić information content (AvgIpc) is 3.18. The van der Waals surface area contributed by atoms with Crippen LogP contribution in [0.1, 0.15) is 24.4 Å². The van der Waals surface area contributed by atoms with Gasteiger partial charge in [0.25, 0.3) is 0 Å². The van der Waals surface area contributed by atoms with Crippen LogP contribution in [0.4, 0.5) is 0 Å². The summed E-state index contributed by atoms with van der Waals surface area (Å²) in [6, 6.07) is 11.2. The number of rotatable bonds is 5. The van der Waals surface area contributed by atoms with Gasteiger partial charge in [0, 0.05) is 18.2 Å². The quantitative estimate of drug-likeness (QED) is 0.903. The number of hydrogen-bond acceptors (Lipinski definition) is 3. The van der Waals surface area contributed by atoms with E-state index in [2.05, 4.69) is 34.5 Å². The summed E-state index contributed by atoms with van der Waals surface area (Å²) >= 11 is 0. The molecule has 20 heavy (non-hydrogen) atoms. The second-order valence-corrected chi connectivity index (χ2v) is 5.48. The monoisotopic (exact) mass is 270 g/mol. The predicted octanol–water partition coefficient (Wildman–Crippen LogP) is 3.30. The van der Waals surface area contributed by atoms with Gasteiger partial charge in [-0.05, 0) is 50.2 Å². The molecular formula is C17H22N2O. The van der Waals surface area contributed by atoms with Crippen LogP contribution < -0.4 is 5.32 Å². The van der Waals surface area contributed by atoms with Gasteiger partial charge in [-0.2, -0.15) is 0 Å². The Bertz CT molecular complexity index is 512. The number of likely N-dealkylation sites (N-methyl/N-ethyl adjacent to an activating group) is 1. The van der Waals surface area contributed by atoms with E-state index in [0.29, 0.717) is 6.04 Å². The SMILES string of the molecule is CNC(CN1CCCC1)c1ccc(-c2ccoc2)cc1. The molecule has 0 radical (unpaired) electrons. The van der Waals surface area contributed by atoms with Gasteiger partial charge in [-0.3, -0.25) is 0 Å². The zero-order valence-electron chi connectivity index (χ0n) is 12.0. The minimum absolute atomic E-state index is 0.409. The van der Waals surface area contributed by atoms with Crippen LogP contribution in [0.25, 0.3) is 11.1 Å². The van der Waals surface area contributed by atoms with E-state index in [0.717, 1.165) is 12.1 Å². The van der Waals surface area contributed by atoms with Crippen LogP contribution in [-0.4, -0.2) is 31.6 Å². The molecule has 0 aliphatic carbocycles. The molecule has 0 saturated carbocycles. The molecule has 3 heteroatoms. The summed E-state index contributed by atoms with van der Waals surface area (Å²) in [4.78, 5) is 2.55. The highest BCUT2D eigenvalue weighted by Gasteiger charge is 2.17. The van der Waals surface area contributed by atoms with E-state index in [1.54, 1.807) is 12.5 Å². The molecule has 0 spiro atoms. The van der Waals surface area contributed by atoms with Crippen molar-refractivity contribution in [2.45, 2.75) is 18.9 Å². The number of hydrogen-bond donors (Lipinski definition) is 1. The van der Waals surface area contributed by atoms with E-state index in [1.807, 2.05) is 13.1 Å². The van der Waals surface area contributed by atoms with Crippen LogP contribution in [0, 0.1) is 0 Å². The van der Waals surface area contributed by atoms with E-state index in [1.165, 1.54) is 37.1 Å². The van der Waals surface area contributed by atoms with Crippen molar-refractivity contribution in [3.05, 3.63) is 48.4 Å². The van der Waals surface area contributed by atoms with Crippen molar-refractivity contribution in [3.8, 4) is 11.1 Å². The van der Waals surface area contributed by atoms with E-state index in [-0.39, 0.29) is 0 Å². The van der Waals surface area contributed by atoms with Gasteiger partial charge in [-0.1, -0.05) is 24.3 Å². The Morgan fingerprint density at radius 2 is 1.85 bits per heavy atom. The fourth-order valence-corrected chi connectivity index (χ4v) is 2.92. The first-order chi connectivity index (χ1) is 9.86. The predicted molar refractivity (Wildman–Crippen MR) is 81.6 cm³/mol. The molecule has 1 atom stereocenters. The highest BCUT2D eigenvalue weighted by atomic mass is 16.3. The number of furan rings is 1. The van der Waals surface area contributed by atoms with Gasteiger partial charge in [0.15, 0.2) is 0 Å². The smallest absolute Gasteiger partial charge is 0.0980 e. The van der Waals surface area contributed by atoms with E-state index < -0.39 is 0 Å². The molecule has 3 nitrogen and oxygen atoms in total. The molecule has 1 aromatic heterocycles. The summed E-state index contributed by atoms with van der Waals surface area (Å²) < 4.78 is 5.14. The highest BCUT2D eigenvalue weighted by molar-refractivity contribution is 5.62. The molecule has 1 aliphatic heterocycles. The van der Waals surface area contributed by atoms with Gasteiger partial charge in [0.05, 0.1) is 12.5 Å². The molecule has 0 bridgehead atoms. The average molecular weight is 270 g/mol. The Morgan fingerprint density at radius 3 is 2.45 bits per heavy atom. The Morgan fingerprint density at radius 1 is 1.10 bits per heavy atom. The summed E-state index contributed by atoms with van der Waals surface area (Å²) in [7, 11) is 2.05. The third-order valence-corrected chi connectivity index (χ3v) is 4.16. The second kappa shape index (κ2) is 6.25. The summed E-state index contributed by atoms with van der Waals surface area (Å²) in [5, 5.41) is 3.44. The van der Waals surface area contributed by atoms with Crippen LogP contribution >= 0.6 is 0 Å². The molecule has 2 aromatic rings. The molecule has 1 unspecified atom stereocenters. The second-order valence-electron chi connectivity index (χ2n) is 5.48. The largest absolute Gasteiger partial charge is 0.472 e. The lowest BCUT2D eigenvalue weighted by Gasteiger charge is -2.23. The fraction of sp³-hybridized carbons (Fsp3) is 0.412. The summed E-state index contributed by atoms with van der Waals surface area (Å²) in [5.41, 5.74) is 3.70. The van der Waals surface area contributed by atoms with Gasteiger partial charge in [-0.25, -0.2) is 0 Å². The lowest BCUT2D eigenvalue weighted by molar-refractivity contribution is 0.299. The maximum Gasteiger partial charge on any atom is 0.0980 e. The Hall–Kier alpha value is -1.58. The first-order valence-electron chi connectivity index (χ1n) is 7.39. The van der Waals surface area contributed by atoms with Crippen molar-refractivity contribution in [3.63, 3.8) is 0 Å². The van der Waals surface area contributed by atoms with Crippen molar-refractivity contribution in [1.29, 1.82) is 0 Å². The summed E-state index contributed by atoms with van der Waals surface area (Å²) in [6.07, 6.45) is 6.19. The molecule has 106 valence electrons. The van der Waals surface area contributed by atoms with E-state index in [4.69, 9.17) is 4.42 Å². The normalized spacial score (nSPS) is 17.4. The molecule has 1 fully saturated rings. The number of nitrogens with one attached hydrogen (secondary N) is 1. The van der Waals surface area contributed by atoms with Gasteiger partial charge in [0.2, 0.25) is 0 Å². The van der Waals surface area contributed by atoms with Gasteiger partial charge in [-0.15, -0.1) is 0 Å².